The summed E-state index contributed by atoms with van der Waals surface area (Å²) in [4.78, 5) is 27.8. The van der Waals surface area contributed by atoms with Crippen molar-refractivity contribution in [3.05, 3.63) is 60.3 Å². The van der Waals surface area contributed by atoms with Crippen LogP contribution in [0.15, 0.2) is 54.7 Å². The first-order valence-electron chi connectivity index (χ1n) is 9.79. The Hall–Kier alpha value is -3.20. The zero-order chi connectivity index (χ0) is 21.4. The first kappa shape index (κ1) is 22.0. The smallest absolute Gasteiger partial charge is 0.254 e. The highest BCUT2D eigenvalue weighted by Crippen LogP contribution is 2.31. The van der Waals surface area contributed by atoms with Crippen LogP contribution in [0, 0.1) is 0 Å². The van der Waals surface area contributed by atoms with Crippen molar-refractivity contribution < 1.29 is 9.53 Å². The molecule has 1 saturated heterocycles. The van der Waals surface area contributed by atoms with E-state index in [4.69, 9.17) is 32.0 Å². The number of aromatic nitrogens is 4. The first-order valence-corrected chi connectivity index (χ1v) is 10.3. The lowest BCUT2D eigenvalue weighted by molar-refractivity contribution is -0.125. The summed E-state index contributed by atoms with van der Waals surface area (Å²) in [5, 5.41) is 0. The second-order valence-electron chi connectivity index (χ2n) is 7.12. The van der Waals surface area contributed by atoms with Gasteiger partial charge in [0.2, 0.25) is 0 Å². The third-order valence-corrected chi connectivity index (χ3v) is 5.49. The van der Waals surface area contributed by atoms with E-state index in [1.165, 1.54) is 0 Å². The number of amides is 1. The van der Waals surface area contributed by atoms with E-state index in [1.54, 1.807) is 17.2 Å². The Morgan fingerprint density at radius 2 is 1.91 bits per heavy atom. The van der Waals surface area contributed by atoms with Gasteiger partial charge in [0, 0.05) is 17.8 Å². The van der Waals surface area contributed by atoms with Gasteiger partial charge < -0.3 is 10.5 Å². The molecule has 1 amide bonds. The lowest BCUT2D eigenvalue weighted by Crippen LogP contribution is -2.42. The van der Waals surface area contributed by atoms with E-state index in [0.29, 0.717) is 53.2 Å². The number of halogens is 2. The molecule has 10 heteroatoms. The van der Waals surface area contributed by atoms with Crippen LogP contribution in [0.25, 0.3) is 28.2 Å². The second-order valence-corrected chi connectivity index (χ2v) is 7.38. The maximum Gasteiger partial charge on any atom is 0.254 e. The summed E-state index contributed by atoms with van der Waals surface area (Å²) in [5.74, 6) is 1.86. The van der Waals surface area contributed by atoms with Gasteiger partial charge in [0.15, 0.2) is 11.5 Å². The van der Waals surface area contributed by atoms with Crippen molar-refractivity contribution in [1.82, 2.24) is 19.5 Å². The maximum atomic E-state index is 12.3. The fourth-order valence-corrected chi connectivity index (χ4v) is 3.80. The standard InChI is InChI=1S/C22H19ClN6O2.ClH/c23-12-14-3-5-15(6-4-14)29-21(16-2-1-9-25-20(16)24)26-17-7-8-18(27-22(17)29)28-10-11-31-13-19(28)30;/h1-9H,10-13H2,(H2,24,25);1H. The quantitative estimate of drug-likeness (QED) is 0.457. The lowest BCUT2D eigenvalue weighted by Gasteiger charge is -2.25. The number of rotatable bonds is 4. The number of anilines is 2. The van der Waals surface area contributed by atoms with Crippen LogP contribution in [0.5, 0.6) is 0 Å². The van der Waals surface area contributed by atoms with Crippen LogP contribution < -0.4 is 10.6 Å². The van der Waals surface area contributed by atoms with Crippen LogP contribution in [0.2, 0.25) is 0 Å². The number of hydrogen-bond acceptors (Lipinski definition) is 6. The van der Waals surface area contributed by atoms with E-state index in [1.807, 2.05) is 47.0 Å². The Morgan fingerprint density at radius 1 is 1.09 bits per heavy atom. The number of benzene rings is 1. The Kier molecular flexibility index (Phi) is 6.27. The van der Waals surface area contributed by atoms with Crippen molar-refractivity contribution in [3.63, 3.8) is 0 Å². The van der Waals surface area contributed by atoms with Gasteiger partial charge in [0.05, 0.1) is 18.7 Å². The molecule has 1 aromatic carbocycles. The van der Waals surface area contributed by atoms with E-state index in [2.05, 4.69) is 4.98 Å². The molecule has 0 unspecified atom stereocenters. The Morgan fingerprint density at radius 3 is 2.62 bits per heavy atom. The van der Waals surface area contributed by atoms with Gasteiger partial charge in [0.1, 0.15) is 23.8 Å². The molecule has 0 atom stereocenters. The molecular formula is C22H20Cl2N6O2. The SMILES string of the molecule is Cl.Nc1ncccc1-c1nc2ccc(N3CCOCC3=O)nc2n1-c1ccc(CCl)cc1. The van der Waals surface area contributed by atoms with E-state index in [-0.39, 0.29) is 24.9 Å². The van der Waals surface area contributed by atoms with E-state index >= 15 is 0 Å². The molecular weight excluding hydrogens is 451 g/mol. The van der Waals surface area contributed by atoms with Crippen molar-refractivity contribution in [1.29, 1.82) is 0 Å². The summed E-state index contributed by atoms with van der Waals surface area (Å²) in [7, 11) is 0. The van der Waals surface area contributed by atoms with Gasteiger partial charge in [-0.3, -0.25) is 14.3 Å². The molecule has 0 spiro atoms. The molecule has 1 aliphatic heterocycles. The second kappa shape index (κ2) is 9.12. The van der Waals surface area contributed by atoms with Gasteiger partial charge >= 0.3 is 0 Å². The molecule has 4 aromatic rings. The summed E-state index contributed by atoms with van der Waals surface area (Å²) in [6.07, 6.45) is 1.64. The predicted molar refractivity (Wildman–Crippen MR) is 126 cm³/mol. The molecule has 0 saturated carbocycles. The minimum Gasteiger partial charge on any atom is -0.383 e. The number of ether oxygens (including phenoxy) is 1. The maximum absolute atomic E-state index is 12.3. The highest BCUT2D eigenvalue weighted by Gasteiger charge is 2.24. The van der Waals surface area contributed by atoms with Crippen molar-refractivity contribution in [2.45, 2.75) is 5.88 Å². The average Bonchev–Trinajstić information content (AvgIpc) is 3.18. The lowest BCUT2D eigenvalue weighted by atomic mass is 10.2. The zero-order valence-corrected chi connectivity index (χ0v) is 18.5. The fraction of sp³-hybridized carbons (Fsp3) is 0.182. The van der Waals surface area contributed by atoms with Crippen molar-refractivity contribution in [2.75, 3.05) is 30.4 Å². The molecule has 2 N–H and O–H groups in total. The zero-order valence-electron chi connectivity index (χ0n) is 16.9. The predicted octanol–water partition coefficient (Wildman–Crippen LogP) is 3.59. The van der Waals surface area contributed by atoms with Gasteiger partial charge in [-0.25, -0.2) is 15.0 Å². The number of morpholine rings is 1. The molecule has 1 fully saturated rings. The number of hydrogen-bond donors (Lipinski definition) is 1. The molecule has 3 aromatic heterocycles. The van der Waals surface area contributed by atoms with Crippen LogP contribution >= 0.6 is 24.0 Å². The number of nitrogens with two attached hydrogens (primary N) is 1. The molecule has 0 bridgehead atoms. The molecule has 164 valence electrons. The summed E-state index contributed by atoms with van der Waals surface area (Å²) in [6.45, 7) is 0.983. The number of pyridine rings is 2. The molecule has 0 aliphatic carbocycles. The third kappa shape index (κ3) is 3.88. The van der Waals surface area contributed by atoms with E-state index in [0.717, 1.165) is 11.3 Å². The largest absolute Gasteiger partial charge is 0.383 e. The average molecular weight is 471 g/mol. The van der Waals surface area contributed by atoms with Gasteiger partial charge in [0.25, 0.3) is 5.91 Å². The van der Waals surface area contributed by atoms with Crippen molar-refractivity contribution in [3.8, 4) is 17.1 Å². The summed E-state index contributed by atoms with van der Waals surface area (Å²) >= 11 is 5.96. The molecule has 4 heterocycles. The number of imidazole rings is 1. The Labute approximate surface area is 195 Å². The van der Waals surface area contributed by atoms with Gasteiger partial charge in [-0.2, -0.15) is 0 Å². The Balaban J connectivity index is 0.00000245. The number of nitrogen functional groups attached to an aromatic ring is 1. The minimum atomic E-state index is -0.118. The van der Waals surface area contributed by atoms with E-state index < -0.39 is 0 Å². The van der Waals surface area contributed by atoms with Gasteiger partial charge in [-0.15, -0.1) is 24.0 Å². The number of alkyl halides is 1. The number of nitrogens with zero attached hydrogens (tertiary/aromatic N) is 5. The minimum absolute atomic E-state index is 0. The molecule has 0 radical (unpaired) electrons. The molecule has 8 nitrogen and oxygen atoms in total. The topological polar surface area (TPSA) is 99.2 Å². The molecule has 5 rings (SSSR count). The Bertz CT molecular complexity index is 1280. The number of carbonyl (C=O) groups is 1. The molecule has 1 aliphatic rings. The first-order chi connectivity index (χ1) is 15.2. The van der Waals surface area contributed by atoms with E-state index in [9.17, 15) is 4.79 Å². The van der Waals surface area contributed by atoms with Crippen LogP contribution in [0.4, 0.5) is 11.6 Å². The van der Waals surface area contributed by atoms with Crippen LogP contribution in [0.3, 0.4) is 0 Å². The number of carbonyl (C=O) groups excluding carboxylic acids is 1. The summed E-state index contributed by atoms with van der Waals surface area (Å²) < 4.78 is 7.17. The highest BCUT2D eigenvalue weighted by atomic mass is 35.5. The van der Waals surface area contributed by atoms with Crippen molar-refractivity contribution in [2.24, 2.45) is 0 Å². The van der Waals surface area contributed by atoms with Crippen LogP contribution in [-0.2, 0) is 15.4 Å². The monoisotopic (exact) mass is 470 g/mol. The third-order valence-electron chi connectivity index (χ3n) is 5.18. The number of fused-ring (bicyclic) bond motifs is 1. The highest BCUT2D eigenvalue weighted by molar-refractivity contribution is 6.17. The van der Waals surface area contributed by atoms with Gasteiger partial charge in [-0.05, 0) is 42.0 Å². The summed E-state index contributed by atoms with van der Waals surface area (Å²) in [5.41, 5.74) is 10.0. The van der Waals surface area contributed by atoms with Gasteiger partial charge in [-0.1, -0.05) is 12.1 Å². The summed E-state index contributed by atoms with van der Waals surface area (Å²) in [6, 6.07) is 15.2. The van der Waals surface area contributed by atoms with Crippen LogP contribution in [0.1, 0.15) is 5.56 Å². The van der Waals surface area contributed by atoms with Crippen molar-refractivity contribution >= 4 is 52.7 Å². The normalized spacial score (nSPS) is 13.9. The fourth-order valence-electron chi connectivity index (χ4n) is 3.62. The van der Waals surface area contributed by atoms with Crippen LogP contribution in [-0.4, -0.2) is 45.2 Å². The molecule has 32 heavy (non-hydrogen) atoms.